The molecule has 2 heterocycles. The first-order valence-electron chi connectivity index (χ1n) is 11.2. The van der Waals surface area contributed by atoms with Crippen molar-refractivity contribution in [3.63, 3.8) is 0 Å². The summed E-state index contributed by atoms with van der Waals surface area (Å²) in [7, 11) is -0.351. The van der Waals surface area contributed by atoms with E-state index in [9.17, 15) is 0 Å². The Hall–Kier alpha value is -3.08. The average molecular weight is 419 g/mol. The van der Waals surface area contributed by atoms with Crippen molar-refractivity contribution in [2.45, 2.75) is 38.9 Å². The molecule has 4 aromatic carbocycles. The lowest BCUT2D eigenvalue weighted by atomic mass is 9.79. The van der Waals surface area contributed by atoms with Crippen molar-refractivity contribution in [2.75, 3.05) is 0 Å². The Balaban J connectivity index is 1.51. The summed E-state index contributed by atoms with van der Waals surface area (Å²) in [6.07, 6.45) is 0. The number of hydrogen-bond acceptors (Lipinski definition) is 2. The zero-order chi connectivity index (χ0) is 22.1. The van der Waals surface area contributed by atoms with Crippen LogP contribution in [0.3, 0.4) is 0 Å². The SMILES string of the molecule is CC1(C)OB(c2ccc(-n3c4ccccc4c4c5ccccc5ccc43)cc2)OC1(C)C. The number of aromatic nitrogens is 1. The van der Waals surface area contributed by atoms with Gasteiger partial charge in [-0.25, -0.2) is 0 Å². The Morgan fingerprint density at radius 2 is 1.25 bits per heavy atom. The van der Waals surface area contributed by atoms with Gasteiger partial charge in [0, 0.05) is 16.5 Å². The number of fused-ring (bicyclic) bond motifs is 5. The summed E-state index contributed by atoms with van der Waals surface area (Å²) in [6.45, 7) is 8.35. The maximum Gasteiger partial charge on any atom is 0.494 e. The van der Waals surface area contributed by atoms with Crippen LogP contribution in [0.25, 0.3) is 38.3 Å². The third-order valence-electron chi connectivity index (χ3n) is 7.24. The maximum atomic E-state index is 6.24. The third-order valence-corrected chi connectivity index (χ3v) is 7.24. The summed E-state index contributed by atoms with van der Waals surface area (Å²) in [6, 6.07) is 30.3. The Labute approximate surface area is 188 Å². The van der Waals surface area contributed by atoms with E-state index in [4.69, 9.17) is 9.31 Å². The van der Waals surface area contributed by atoms with E-state index in [0.29, 0.717) is 0 Å². The highest BCUT2D eigenvalue weighted by atomic mass is 16.7. The van der Waals surface area contributed by atoms with Crippen LogP contribution in [-0.4, -0.2) is 22.9 Å². The first-order valence-corrected chi connectivity index (χ1v) is 11.2. The molecule has 1 fully saturated rings. The fourth-order valence-electron chi connectivity index (χ4n) is 4.78. The molecule has 158 valence electrons. The molecule has 0 bridgehead atoms. The number of para-hydroxylation sites is 1. The molecule has 0 atom stereocenters. The van der Waals surface area contributed by atoms with Crippen molar-refractivity contribution in [1.82, 2.24) is 4.57 Å². The normalized spacial score (nSPS) is 17.6. The van der Waals surface area contributed by atoms with Gasteiger partial charge < -0.3 is 13.9 Å². The Morgan fingerprint density at radius 1 is 0.625 bits per heavy atom. The molecule has 1 aliphatic heterocycles. The van der Waals surface area contributed by atoms with Gasteiger partial charge in [0.1, 0.15) is 0 Å². The molecule has 0 amide bonds. The summed E-state index contributed by atoms with van der Waals surface area (Å²) in [5.41, 5.74) is 3.91. The summed E-state index contributed by atoms with van der Waals surface area (Å²) in [4.78, 5) is 0. The third kappa shape index (κ3) is 2.76. The molecule has 1 saturated heterocycles. The van der Waals surface area contributed by atoms with Crippen LogP contribution in [0.1, 0.15) is 27.7 Å². The minimum Gasteiger partial charge on any atom is -0.399 e. The lowest BCUT2D eigenvalue weighted by Crippen LogP contribution is -2.41. The van der Waals surface area contributed by atoms with Crippen molar-refractivity contribution in [3.05, 3.63) is 84.9 Å². The fraction of sp³-hybridized carbons (Fsp3) is 0.214. The molecule has 4 heteroatoms. The molecule has 5 aromatic rings. The van der Waals surface area contributed by atoms with Crippen LogP contribution >= 0.6 is 0 Å². The summed E-state index contributed by atoms with van der Waals surface area (Å²) < 4.78 is 14.8. The topological polar surface area (TPSA) is 23.4 Å². The first kappa shape index (κ1) is 19.6. The van der Waals surface area contributed by atoms with Gasteiger partial charge >= 0.3 is 7.12 Å². The predicted molar refractivity (Wildman–Crippen MR) is 134 cm³/mol. The van der Waals surface area contributed by atoms with Crippen molar-refractivity contribution in [1.29, 1.82) is 0 Å². The van der Waals surface area contributed by atoms with Gasteiger partial charge in [-0.1, -0.05) is 60.7 Å². The largest absolute Gasteiger partial charge is 0.494 e. The van der Waals surface area contributed by atoms with E-state index >= 15 is 0 Å². The fourth-order valence-corrected chi connectivity index (χ4v) is 4.78. The molecule has 3 nitrogen and oxygen atoms in total. The van der Waals surface area contributed by atoms with Gasteiger partial charge in [-0.3, -0.25) is 0 Å². The first-order chi connectivity index (χ1) is 15.4. The van der Waals surface area contributed by atoms with Gasteiger partial charge in [0.25, 0.3) is 0 Å². The van der Waals surface area contributed by atoms with Crippen LogP contribution in [0.2, 0.25) is 0 Å². The van der Waals surface area contributed by atoms with E-state index in [1.807, 2.05) is 0 Å². The van der Waals surface area contributed by atoms with Gasteiger partial charge in [0.15, 0.2) is 0 Å². The van der Waals surface area contributed by atoms with Crippen LogP contribution in [0.5, 0.6) is 0 Å². The Morgan fingerprint density at radius 3 is 1.97 bits per heavy atom. The number of benzene rings is 4. The standard InChI is InChI=1S/C28H26BNO2/c1-27(2)28(3,4)32-29(31-27)20-14-16-21(17-15-20)30-24-12-8-7-11-23(24)26-22-10-6-5-9-19(22)13-18-25(26)30/h5-18H,1-4H3. The highest BCUT2D eigenvalue weighted by Crippen LogP contribution is 2.38. The molecule has 6 rings (SSSR count). The molecule has 1 aromatic heterocycles. The average Bonchev–Trinajstić information content (AvgIpc) is 3.24. The van der Waals surface area contributed by atoms with E-state index in [0.717, 1.165) is 11.2 Å². The van der Waals surface area contributed by atoms with Gasteiger partial charge in [-0.2, -0.15) is 0 Å². The van der Waals surface area contributed by atoms with Gasteiger partial charge in [0.05, 0.1) is 22.2 Å². The van der Waals surface area contributed by atoms with Crippen molar-refractivity contribution >= 4 is 45.2 Å². The minimum atomic E-state index is -0.351. The Kier molecular flexibility index (Phi) is 4.11. The Bertz CT molecular complexity index is 1460. The van der Waals surface area contributed by atoms with E-state index in [1.165, 1.54) is 32.6 Å². The summed E-state index contributed by atoms with van der Waals surface area (Å²) in [5.74, 6) is 0. The minimum absolute atomic E-state index is 0.343. The predicted octanol–water partition coefficient (Wildman–Crippen LogP) is 6.24. The van der Waals surface area contributed by atoms with Crippen molar-refractivity contribution < 1.29 is 9.31 Å². The number of rotatable bonds is 2. The quantitative estimate of drug-likeness (QED) is 0.317. The van der Waals surface area contributed by atoms with E-state index in [2.05, 4.69) is 117 Å². The van der Waals surface area contributed by atoms with Crippen LogP contribution in [0, 0.1) is 0 Å². The zero-order valence-electron chi connectivity index (χ0n) is 18.9. The van der Waals surface area contributed by atoms with E-state index in [-0.39, 0.29) is 18.3 Å². The van der Waals surface area contributed by atoms with E-state index < -0.39 is 0 Å². The number of nitrogens with zero attached hydrogens (tertiary/aromatic N) is 1. The molecule has 32 heavy (non-hydrogen) atoms. The van der Waals surface area contributed by atoms with Gasteiger partial charge in [-0.05, 0) is 68.2 Å². The van der Waals surface area contributed by atoms with Crippen molar-refractivity contribution in [2.24, 2.45) is 0 Å². The highest BCUT2D eigenvalue weighted by Gasteiger charge is 2.51. The molecule has 0 aliphatic carbocycles. The van der Waals surface area contributed by atoms with Crippen LogP contribution in [0.4, 0.5) is 0 Å². The molecule has 0 radical (unpaired) electrons. The number of hydrogen-bond donors (Lipinski definition) is 0. The van der Waals surface area contributed by atoms with Gasteiger partial charge in [-0.15, -0.1) is 0 Å². The smallest absolute Gasteiger partial charge is 0.399 e. The molecule has 1 aliphatic rings. The molecule has 0 spiro atoms. The van der Waals surface area contributed by atoms with Crippen LogP contribution < -0.4 is 5.46 Å². The zero-order valence-corrected chi connectivity index (χ0v) is 18.9. The summed E-state index contributed by atoms with van der Waals surface area (Å²) >= 11 is 0. The second-order valence-electron chi connectivity index (χ2n) is 9.71. The monoisotopic (exact) mass is 419 g/mol. The molecular formula is C28H26BNO2. The second kappa shape index (κ2) is 6.71. The highest BCUT2D eigenvalue weighted by molar-refractivity contribution is 6.62. The van der Waals surface area contributed by atoms with Gasteiger partial charge in [0.2, 0.25) is 0 Å². The molecule has 0 N–H and O–H groups in total. The molecular weight excluding hydrogens is 393 g/mol. The van der Waals surface area contributed by atoms with Crippen LogP contribution in [0.15, 0.2) is 84.9 Å². The molecule has 0 saturated carbocycles. The lowest BCUT2D eigenvalue weighted by Gasteiger charge is -2.32. The summed E-state index contributed by atoms with van der Waals surface area (Å²) in [5, 5.41) is 5.12. The van der Waals surface area contributed by atoms with E-state index in [1.54, 1.807) is 0 Å². The second-order valence-corrected chi connectivity index (χ2v) is 9.71. The van der Waals surface area contributed by atoms with Crippen molar-refractivity contribution in [3.8, 4) is 5.69 Å². The molecule has 0 unspecified atom stereocenters. The lowest BCUT2D eigenvalue weighted by molar-refractivity contribution is 0.00578. The van der Waals surface area contributed by atoms with Crippen LogP contribution in [-0.2, 0) is 9.31 Å². The maximum absolute atomic E-state index is 6.24.